The maximum atomic E-state index is 5.54. The predicted molar refractivity (Wildman–Crippen MR) is 68.4 cm³/mol. The minimum absolute atomic E-state index is 0.204. The molecule has 1 rings (SSSR count). The van der Waals surface area contributed by atoms with Gasteiger partial charge in [-0.05, 0) is 37.0 Å². The molecule has 0 aromatic heterocycles. The summed E-state index contributed by atoms with van der Waals surface area (Å²) in [5.74, 6) is 5.54. The van der Waals surface area contributed by atoms with Crippen molar-refractivity contribution in [3.8, 4) is 0 Å². The van der Waals surface area contributed by atoms with E-state index in [-0.39, 0.29) is 6.04 Å². The fourth-order valence-corrected chi connectivity index (χ4v) is 1.76. The molecule has 0 aliphatic carbocycles. The van der Waals surface area contributed by atoms with Crippen LogP contribution in [0.4, 0.5) is 0 Å². The van der Waals surface area contributed by atoms with E-state index >= 15 is 0 Å². The number of benzene rings is 1. The number of nitrogens with two attached hydrogens (primary N) is 1. The number of hydrogen-bond acceptors (Lipinski definition) is 2. The van der Waals surface area contributed by atoms with E-state index in [1.807, 2.05) is 6.08 Å². The SMILES string of the molecule is C=CCCC(NN)c1ccc(Br)c(C)c1. The molecule has 3 N–H and O–H groups in total. The lowest BCUT2D eigenvalue weighted by Gasteiger charge is -2.16. The van der Waals surface area contributed by atoms with Crippen molar-refractivity contribution in [1.82, 2.24) is 5.43 Å². The highest BCUT2D eigenvalue weighted by Crippen LogP contribution is 2.23. The van der Waals surface area contributed by atoms with E-state index in [0.717, 1.165) is 17.3 Å². The molecular weight excluding hydrogens is 252 g/mol. The number of aryl methyl sites for hydroxylation is 1. The second-order valence-electron chi connectivity index (χ2n) is 3.59. The van der Waals surface area contributed by atoms with Crippen LogP contribution in [0, 0.1) is 6.92 Å². The number of hydrogen-bond donors (Lipinski definition) is 2. The molecule has 1 atom stereocenters. The summed E-state index contributed by atoms with van der Waals surface area (Å²) >= 11 is 3.49. The molecule has 0 bridgehead atoms. The van der Waals surface area contributed by atoms with E-state index in [2.05, 4.69) is 53.1 Å². The molecule has 0 amide bonds. The minimum atomic E-state index is 0.204. The van der Waals surface area contributed by atoms with Crippen LogP contribution >= 0.6 is 15.9 Å². The molecule has 0 aliphatic heterocycles. The smallest absolute Gasteiger partial charge is 0.0463 e. The Morgan fingerprint density at radius 3 is 2.87 bits per heavy atom. The van der Waals surface area contributed by atoms with Crippen LogP contribution in [0.2, 0.25) is 0 Å². The summed E-state index contributed by atoms with van der Waals surface area (Å²) in [6.45, 7) is 5.79. The Morgan fingerprint density at radius 2 is 2.33 bits per heavy atom. The molecule has 0 fully saturated rings. The maximum absolute atomic E-state index is 5.54. The van der Waals surface area contributed by atoms with E-state index in [4.69, 9.17) is 5.84 Å². The van der Waals surface area contributed by atoms with Crippen molar-refractivity contribution in [3.05, 3.63) is 46.5 Å². The largest absolute Gasteiger partial charge is 0.271 e. The van der Waals surface area contributed by atoms with E-state index in [9.17, 15) is 0 Å². The molecule has 1 unspecified atom stereocenters. The molecule has 0 spiro atoms. The quantitative estimate of drug-likeness (QED) is 0.489. The Bertz CT molecular complexity index is 336. The second kappa shape index (κ2) is 6.05. The Labute approximate surface area is 99.7 Å². The first-order valence-corrected chi connectivity index (χ1v) is 5.81. The van der Waals surface area contributed by atoms with E-state index in [0.29, 0.717) is 0 Å². The number of nitrogens with one attached hydrogen (secondary N) is 1. The van der Waals surface area contributed by atoms with E-state index in [1.165, 1.54) is 11.1 Å². The molecular formula is C12H17BrN2. The topological polar surface area (TPSA) is 38.0 Å². The molecule has 1 aromatic rings. The van der Waals surface area contributed by atoms with Gasteiger partial charge in [0.15, 0.2) is 0 Å². The zero-order chi connectivity index (χ0) is 11.3. The summed E-state index contributed by atoms with van der Waals surface area (Å²) in [5, 5.41) is 0. The molecule has 3 heteroatoms. The van der Waals surface area contributed by atoms with Crippen molar-refractivity contribution >= 4 is 15.9 Å². The lowest BCUT2D eigenvalue weighted by Crippen LogP contribution is -2.27. The van der Waals surface area contributed by atoms with Gasteiger partial charge in [-0.1, -0.05) is 34.1 Å². The van der Waals surface area contributed by atoms with Crippen LogP contribution in [0.3, 0.4) is 0 Å². The van der Waals surface area contributed by atoms with E-state index in [1.54, 1.807) is 0 Å². The van der Waals surface area contributed by atoms with Crippen molar-refractivity contribution < 1.29 is 0 Å². The Balaban J connectivity index is 2.82. The Kier molecular flexibility index (Phi) is 5.02. The summed E-state index contributed by atoms with van der Waals surface area (Å²) in [7, 11) is 0. The Morgan fingerprint density at radius 1 is 1.60 bits per heavy atom. The fourth-order valence-electron chi connectivity index (χ4n) is 1.52. The molecule has 0 aliphatic rings. The Hall–Kier alpha value is -0.640. The normalized spacial score (nSPS) is 12.5. The van der Waals surface area contributed by atoms with Crippen LogP contribution in [0.15, 0.2) is 35.3 Å². The second-order valence-corrected chi connectivity index (χ2v) is 4.45. The molecule has 2 nitrogen and oxygen atoms in total. The van der Waals surface area contributed by atoms with Crippen LogP contribution < -0.4 is 11.3 Å². The highest BCUT2D eigenvalue weighted by molar-refractivity contribution is 9.10. The van der Waals surface area contributed by atoms with Crippen LogP contribution in [0.1, 0.15) is 30.0 Å². The average molecular weight is 269 g/mol. The van der Waals surface area contributed by atoms with Gasteiger partial charge in [0.05, 0.1) is 0 Å². The third kappa shape index (κ3) is 3.45. The van der Waals surface area contributed by atoms with Crippen molar-refractivity contribution in [2.24, 2.45) is 5.84 Å². The third-order valence-electron chi connectivity index (χ3n) is 2.45. The standard InChI is InChI=1S/C12H17BrN2/c1-3-4-5-12(15-14)10-6-7-11(13)9(2)8-10/h3,6-8,12,15H,1,4-5,14H2,2H3. The minimum Gasteiger partial charge on any atom is -0.271 e. The van der Waals surface area contributed by atoms with Crippen molar-refractivity contribution in [1.29, 1.82) is 0 Å². The maximum Gasteiger partial charge on any atom is 0.0463 e. The van der Waals surface area contributed by atoms with Crippen LogP contribution in [-0.2, 0) is 0 Å². The number of rotatable bonds is 5. The van der Waals surface area contributed by atoms with Gasteiger partial charge in [-0.3, -0.25) is 11.3 Å². The van der Waals surface area contributed by atoms with Crippen molar-refractivity contribution in [3.63, 3.8) is 0 Å². The summed E-state index contributed by atoms with van der Waals surface area (Å²) in [5.41, 5.74) is 5.29. The molecule has 0 heterocycles. The molecule has 15 heavy (non-hydrogen) atoms. The number of hydrazine groups is 1. The van der Waals surface area contributed by atoms with Gasteiger partial charge in [-0.25, -0.2) is 0 Å². The molecule has 0 radical (unpaired) electrons. The molecule has 0 saturated carbocycles. The van der Waals surface area contributed by atoms with Gasteiger partial charge in [-0.2, -0.15) is 0 Å². The number of allylic oxidation sites excluding steroid dienone is 1. The molecule has 0 saturated heterocycles. The van der Waals surface area contributed by atoms with Gasteiger partial charge in [-0.15, -0.1) is 6.58 Å². The fraction of sp³-hybridized carbons (Fsp3) is 0.333. The zero-order valence-electron chi connectivity index (χ0n) is 8.96. The summed E-state index contributed by atoms with van der Waals surface area (Å²) in [4.78, 5) is 0. The van der Waals surface area contributed by atoms with Gasteiger partial charge >= 0.3 is 0 Å². The van der Waals surface area contributed by atoms with E-state index < -0.39 is 0 Å². The van der Waals surface area contributed by atoms with Gasteiger partial charge < -0.3 is 0 Å². The molecule has 82 valence electrons. The van der Waals surface area contributed by atoms with Crippen molar-refractivity contribution in [2.75, 3.05) is 0 Å². The van der Waals surface area contributed by atoms with Crippen molar-refractivity contribution in [2.45, 2.75) is 25.8 Å². The first-order valence-electron chi connectivity index (χ1n) is 5.02. The highest BCUT2D eigenvalue weighted by atomic mass is 79.9. The zero-order valence-corrected chi connectivity index (χ0v) is 10.5. The lowest BCUT2D eigenvalue weighted by atomic mass is 10.0. The highest BCUT2D eigenvalue weighted by Gasteiger charge is 2.09. The lowest BCUT2D eigenvalue weighted by molar-refractivity contribution is 0.520. The summed E-state index contributed by atoms with van der Waals surface area (Å²) < 4.78 is 1.13. The monoisotopic (exact) mass is 268 g/mol. The first-order chi connectivity index (χ1) is 7.19. The van der Waals surface area contributed by atoms with Gasteiger partial charge in [0, 0.05) is 10.5 Å². The number of halogens is 1. The van der Waals surface area contributed by atoms with Gasteiger partial charge in [0.2, 0.25) is 0 Å². The predicted octanol–water partition coefficient (Wildman–Crippen LogP) is 3.23. The van der Waals surface area contributed by atoms with Gasteiger partial charge in [0.25, 0.3) is 0 Å². The third-order valence-corrected chi connectivity index (χ3v) is 3.33. The average Bonchev–Trinajstić information content (AvgIpc) is 2.24. The molecule has 1 aromatic carbocycles. The van der Waals surface area contributed by atoms with Crippen LogP contribution in [-0.4, -0.2) is 0 Å². The van der Waals surface area contributed by atoms with Crippen LogP contribution in [0.25, 0.3) is 0 Å². The summed E-state index contributed by atoms with van der Waals surface area (Å²) in [6.07, 6.45) is 3.85. The van der Waals surface area contributed by atoms with Gasteiger partial charge in [0.1, 0.15) is 0 Å². The first kappa shape index (κ1) is 12.4. The van der Waals surface area contributed by atoms with Crippen LogP contribution in [0.5, 0.6) is 0 Å². The summed E-state index contributed by atoms with van der Waals surface area (Å²) in [6, 6.07) is 6.50.